The molecule has 0 saturated carbocycles. The summed E-state index contributed by atoms with van der Waals surface area (Å²) in [6.07, 6.45) is 1.84. The van der Waals surface area contributed by atoms with E-state index in [0.717, 1.165) is 16.5 Å². The maximum absolute atomic E-state index is 13.8. The highest BCUT2D eigenvalue weighted by molar-refractivity contribution is 6.14. The number of nitrogens with one attached hydrogen (secondary N) is 5. The van der Waals surface area contributed by atoms with Crippen molar-refractivity contribution in [3.05, 3.63) is 98.9 Å². The molecule has 430 valence electrons. The first kappa shape index (κ1) is 59.9. The number of amidine groups is 1. The molecular weight excluding hydrogens is 1030 g/mol. The van der Waals surface area contributed by atoms with Gasteiger partial charge in [-0.3, -0.25) is 34.8 Å². The number of hydrogen-bond donors (Lipinski definition) is 9. The number of urea groups is 1. The number of pyridine rings is 2. The molecule has 3 aliphatic rings. The Bertz CT molecular complexity index is 3060. The molecule has 0 bridgehead atoms. The quantitative estimate of drug-likeness (QED) is 0.0296. The number of aliphatic hydroxyl groups is 3. The van der Waals surface area contributed by atoms with Crippen LogP contribution in [-0.4, -0.2) is 146 Å². The summed E-state index contributed by atoms with van der Waals surface area (Å²) in [6.45, 7) is 8.12. The van der Waals surface area contributed by atoms with Crippen LogP contribution < -0.4 is 37.3 Å². The molecule has 4 aromatic rings. The fraction of sp³-hybridized carbons (Fsp3) is 0.482. The number of aliphatic hydroxyl groups excluding tert-OH is 2. The maximum atomic E-state index is 13.8. The molecule has 3 aliphatic heterocycles. The first-order chi connectivity index (χ1) is 38.1. The number of nitrogens with zero attached hydrogens (tertiary/aromatic N) is 5. The van der Waals surface area contributed by atoms with Gasteiger partial charge in [0.1, 0.15) is 30.0 Å². The highest BCUT2D eigenvalue weighted by Gasteiger charge is 2.44. The second kappa shape index (κ2) is 26.5. The van der Waals surface area contributed by atoms with Gasteiger partial charge in [0, 0.05) is 80.5 Å². The third-order valence-electron chi connectivity index (χ3n) is 14.7. The van der Waals surface area contributed by atoms with Gasteiger partial charge in [0.25, 0.3) is 11.5 Å². The Hall–Kier alpha value is -7.77. The Morgan fingerprint density at radius 2 is 1.69 bits per heavy atom. The zero-order chi connectivity index (χ0) is 58.0. The molecule has 10 N–H and O–H groups in total. The molecular formula is C56H73N11O13. The molecule has 2 aromatic heterocycles. The molecule has 24 nitrogen and oxygen atoms in total. The van der Waals surface area contributed by atoms with E-state index in [4.69, 9.17) is 30.3 Å². The van der Waals surface area contributed by atoms with Gasteiger partial charge >= 0.3 is 18.2 Å². The average Bonchev–Trinajstić information content (AvgIpc) is 3.97. The predicted molar refractivity (Wildman–Crippen MR) is 295 cm³/mol. The van der Waals surface area contributed by atoms with Crippen molar-refractivity contribution in [1.82, 2.24) is 40.2 Å². The zero-order valence-electron chi connectivity index (χ0n) is 46.0. The van der Waals surface area contributed by atoms with E-state index in [2.05, 4.69) is 21.3 Å². The summed E-state index contributed by atoms with van der Waals surface area (Å²) in [6, 6.07) is 11.0. The second-order valence-corrected chi connectivity index (χ2v) is 20.6. The Morgan fingerprint density at radius 1 is 0.963 bits per heavy atom. The highest BCUT2D eigenvalue weighted by atomic mass is 16.6. The normalized spacial score (nSPS) is 17.3. The van der Waals surface area contributed by atoms with Gasteiger partial charge in [-0.15, -0.1) is 0 Å². The summed E-state index contributed by atoms with van der Waals surface area (Å²) in [4.78, 5) is 98.9. The number of nitrogens with two attached hydrogens (primary N) is 1. The summed E-state index contributed by atoms with van der Waals surface area (Å²) >= 11 is 0. The van der Waals surface area contributed by atoms with Crippen LogP contribution in [0.25, 0.3) is 22.3 Å². The Balaban J connectivity index is 0.875. The van der Waals surface area contributed by atoms with E-state index >= 15 is 0 Å². The van der Waals surface area contributed by atoms with Crippen molar-refractivity contribution in [3.63, 3.8) is 0 Å². The predicted octanol–water partition coefficient (Wildman–Crippen LogP) is 3.87. The molecule has 0 saturated heterocycles. The van der Waals surface area contributed by atoms with Crippen molar-refractivity contribution in [2.45, 2.75) is 129 Å². The molecule has 0 fully saturated rings. The molecule has 7 amide bonds. The number of benzene rings is 2. The van der Waals surface area contributed by atoms with E-state index in [-0.39, 0.29) is 93.5 Å². The molecule has 24 heteroatoms. The fourth-order valence-electron chi connectivity index (χ4n) is 9.95. The standard InChI is InChI=1S/C56H73N11O13/c1-7-36-37-27-35(19-20-41(37)61-48-38(36)29-67-43(48)28-40-39(51(67)72)31-78-52(73)56(40,77)8-2)80-55(76)65(6)26-25-64(5)54(75)79-30-33-15-17-34(18-16-33)60-49(70)42(13-12-23-59-53(58)74)62-50(71)47(32(3)4)63-45(68)14-10-9-11-24-66-44(57)21-22-46(66)69/h15-22,27-28,32,42,47,50,52,57,62,71,73,77H,7-14,23-26,29-31H2,1-6H3,(H,60,70)(H,63,68)(H3,58,59,74)/t42-,47-,50?,52?,56-/m0/s1. The minimum absolute atomic E-state index is 0.101. The Labute approximate surface area is 463 Å². The first-order valence-electron chi connectivity index (χ1n) is 26.9. The average molecular weight is 1110 g/mol. The van der Waals surface area contributed by atoms with Crippen LogP contribution in [0, 0.1) is 11.3 Å². The molecule has 0 spiro atoms. The van der Waals surface area contributed by atoms with Gasteiger partial charge in [-0.2, -0.15) is 0 Å². The van der Waals surface area contributed by atoms with E-state index in [1.54, 1.807) is 60.0 Å². The van der Waals surface area contributed by atoms with E-state index < -0.39 is 54.3 Å². The van der Waals surface area contributed by atoms with Gasteiger partial charge < -0.3 is 65.6 Å². The Kier molecular flexibility index (Phi) is 19.8. The number of carbonyl (C=O) groups excluding carboxylic acids is 6. The van der Waals surface area contributed by atoms with Crippen LogP contribution in [0.2, 0.25) is 0 Å². The monoisotopic (exact) mass is 1110 g/mol. The summed E-state index contributed by atoms with van der Waals surface area (Å²) in [7, 11) is 3.07. The molecule has 80 heavy (non-hydrogen) atoms. The topological polar surface area (TPSA) is 333 Å². The Morgan fingerprint density at radius 3 is 2.35 bits per heavy atom. The number of amides is 7. The van der Waals surface area contributed by atoms with Crippen molar-refractivity contribution in [3.8, 4) is 17.1 Å². The molecule has 0 aliphatic carbocycles. The van der Waals surface area contributed by atoms with Gasteiger partial charge in [0.2, 0.25) is 11.8 Å². The highest BCUT2D eigenvalue weighted by Crippen LogP contribution is 2.42. The number of carbonyl (C=O) groups is 6. The summed E-state index contributed by atoms with van der Waals surface area (Å²) < 4.78 is 18.3. The van der Waals surface area contributed by atoms with Gasteiger partial charge in [-0.25, -0.2) is 19.4 Å². The number of rotatable bonds is 25. The lowest BCUT2D eigenvalue weighted by Crippen LogP contribution is -2.57. The summed E-state index contributed by atoms with van der Waals surface area (Å²) in [5.41, 5.74) is 8.28. The molecule has 2 aromatic carbocycles. The molecule has 5 heterocycles. The van der Waals surface area contributed by atoms with Crippen molar-refractivity contribution < 1.29 is 58.3 Å². The molecule has 7 rings (SSSR count). The summed E-state index contributed by atoms with van der Waals surface area (Å²) in [5, 5.41) is 53.0. The van der Waals surface area contributed by atoms with Crippen LogP contribution in [0.4, 0.5) is 20.1 Å². The van der Waals surface area contributed by atoms with Gasteiger partial charge in [-0.1, -0.05) is 46.2 Å². The number of unbranched alkanes of at least 4 members (excludes halogenated alkanes) is 2. The van der Waals surface area contributed by atoms with Crippen molar-refractivity contribution in [2.75, 3.05) is 45.6 Å². The van der Waals surface area contributed by atoms with Gasteiger partial charge in [-0.05, 0) is 98.0 Å². The van der Waals surface area contributed by atoms with Crippen LogP contribution in [0.5, 0.6) is 5.75 Å². The van der Waals surface area contributed by atoms with Crippen LogP contribution in [-0.2, 0) is 55.6 Å². The van der Waals surface area contributed by atoms with Crippen molar-refractivity contribution >= 4 is 58.4 Å². The van der Waals surface area contributed by atoms with E-state index in [0.29, 0.717) is 77.9 Å². The molecule has 0 radical (unpaired) electrons. The van der Waals surface area contributed by atoms with E-state index in [1.807, 2.05) is 20.8 Å². The smallest absolute Gasteiger partial charge is 0.415 e. The number of aromatic nitrogens is 2. The van der Waals surface area contributed by atoms with Crippen LogP contribution >= 0.6 is 0 Å². The number of hydrogen-bond acceptors (Lipinski definition) is 16. The van der Waals surface area contributed by atoms with E-state index in [1.165, 1.54) is 40.9 Å². The first-order valence-corrected chi connectivity index (χ1v) is 26.9. The number of anilines is 1. The SMILES string of the molecule is CCc1c2c(nc3ccc(OC(=O)N(C)CCN(C)C(=O)OCc4ccc(NC(=O)[C@H](CCCNC(N)=O)NC(O)[C@@H](NC(=O)CCCCCN5C(=N)C=CC5=O)C(C)C)cc4)cc13)-c1cc3c(c(=O)n1C2)COC(O)[C@]3(O)CC. The summed E-state index contributed by atoms with van der Waals surface area (Å²) in [5.74, 6) is -0.842. The van der Waals surface area contributed by atoms with E-state index in [9.17, 15) is 48.9 Å². The van der Waals surface area contributed by atoms with Crippen LogP contribution in [0.1, 0.15) is 100 Å². The van der Waals surface area contributed by atoms with Crippen LogP contribution in [0.15, 0.2) is 65.5 Å². The van der Waals surface area contributed by atoms with Crippen molar-refractivity contribution in [2.24, 2.45) is 11.7 Å². The molecule has 2 unspecified atom stereocenters. The minimum Gasteiger partial charge on any atom is -0.445 e. The lowest BCUT2D eigenvalue weighted by Gasteiger charge is -2.37. The van der Waals surface area contributed by atoms with Gasteiger partial charge in [0.05, 0.1) is 42.1 Å². The van der Waals surface area contributed by atoms with Crippen molar-refractivity contribution in [1.29, 1.82) is 5.41 Å². The third-order valence-corrected chi connectivity index (χ3v) is 14.7. The lowest BCUT2D eigenvalue weighted by molar-refractivity contribution is -0.236. The maximum Gasteiger partial charge on any atom is 0.415 e. The lowest BCUT2D eigenvalue weighted by atomic mass is 9.85. The zero-order valence-corrected chi connectivity index (χ0v) is 46.0. The fourth-order valence-corrected chi connectivity index (χ4v) is 9.95. The van der Waals surface area contributed by atoms with Crippen LogP contribution in [0.3, 0.4) is 0 Å². The number of fused-ring (bicyclic) bond motifs is 5. The second-order valence-electron chi connectivity index (χ2n) is 20.6. The number of primary amides is 1. The number of aryl methyl sites for hydroxylation is 1. The van der Waals surface area contributed by atoms with Gasteiger partial charge in [0.15, 0.2) is 6.29 Å². The number of likely N-dealkylation sites (N-methyl/N-ethyl adjacent to an activating group) is 2. The third kappa shape index (κ3) is 14.0. The minimum atomic E-state index is -1.75. The largest absolute Gasteiger partial charge is 0.445 e. The molecule has 5 atom stereocenters. The number of ether oxygens (including phenoxy) is 3.